The van der Waals surface area contributed by atoms with Crippen molar-refractivity contribution in [2.24, 2.45) is 0 Å². The number of benzene rings is 2. The molecule has 0 spiro atoms. The molecule has 2 aromatic carbocycles. The number of nitrogens with zero attached hydrogens (tertiary/aromatic N) is 1. The predicted octanol–water partition coefficient (Wildman–Crippen LogP) is 5.55. The summed E-state index contributed by atoms with van der Waals surface area (Å²) in [5, 5.41) is 0.513. The summed E-state index contributed by atoms with van der Waals surface area (Å²) >= 11 is 8.52. The van der Waals surface area contributed by atoms with Crippen LogP contribution < -0.4 is 0 Å². The standard InChI is InChI=1S/C18H14ClNO2S2/c1-2-20-17(21)16(24-18(20)22)11-12-3-7-14(8-4-12)23-15-9-5-13(19)6-10-15/h3-11H,2H2,1H3/b16-11+. The van der Waals surface area contributed by atoms with E-state index in [4.69, 9.17) is 11.6 Å². The molecule has 1 heterocycles. The van der Waals surface area contributed by atoms with Gasteiger partial charge in [-0.25, -0.2) is 0 Å². The van der Waals surface area contributed by atoms with Crippen molar-refractivity contribution < 1.29 is 9.59 Å². The van der Waals surface area contributed by atoms with Gasteiger partial charge in [0, 0.05) is 21.4 Å². The number of halogens is 1. The third-order valence-electron chi connectivity index (χ3n) is 3.42. The summed E-state index contributed by atoms with van der Waals surface area (Å²) in [6, 6.07) is 15.5. The molecule has 0 aliphatic carbocycles. The summed E-state index contributed by atoms with van der Waals surface area (Å²) in [6.45, 7) is 2.20. The first kappa shape index (κ1) is 17.1. The first-order valence-electron chi connectivity index (χ1n) is 7.35. The van der Waals surface area contributed by atoms with E-state index in [9.17, 15) is 9.59 Å². The topological polar surface area (TPSA) is 37.4 Å². The summed E-state index contributed by atoms with van der Waals surface area (Å²) < 4.78 is 0. The number of carbonyl (C=O) groups excluding carboxylic acids is 2. The van der Waals surface area contributed by atoms with Crippen LogP contribution in [-0.4, -0.2) is 22.6 Å². The second-order valence-electron chi connectivity index (χ2n) is 5.05. The molecule has 1 fully saturated rings. The molecule has 0 atom stereocenters. The molecule has 0 unspecified atom stereocenters. The number of amides is 2. The van der Waals surface area contributed by atoms with Crippen LogP contribution in [0.25, 0.3) is 6.08 Å². The zero-order valence-corrected chi connectivity index (χ0v) is 15.3. The van der Waals surface area contributed by atoms with Crippen LogP contribution in [0, 0.1) is 0 Å². The number of rotatable bonds is 4. The van der Waals surface area contributed by atoms with E-state index in [1.54, 1.807) is 24.8 Å². The van der Waals surface area contributed by atoms with E-state index in [2.05, 4.69) is 0 Å². The van der Waals surface area contributed by atoms with Gasteiger partial charge >= 0.3 is 0 Å². The molecule has 0 saturated carbocycles. The van der Waals surface area contributed by atoms with E-state index in [1.807, 2.05) is 48.5 Å². The van der Waals surface area contributed by atoms with Crippen molar-refractivity contribution in [3.8, 4) is 0 Å². The Hall–Kier alpha value is -1.69. The Balaban J connectivity index is 1.73. The highest BCUT2D eigenvalue weighted by atomic mass is 35.5. The molecule has 122 valence electrons. The number of carbonyl (C=O) groups is 2. The van der Waals surface area contributed by atoms with Crippen molar-refractivity contribution in [1.29, 1.82) is 0 Å². The van der Waals surface area contributed by atoms with E-state index in [-0.39, 0.29) is 11.1 Å². The maximum Gasteiger partial charge on any atom is 0.293 e. The van der Waals surface area contributed by atoms with Crippen molar-refractivity contribution >= 4 is 52.3 Å². The van der Waals surface area contributed by atoms with Crippen molar-refractivity contribution in [2.45, 2.75) is 16.7 Å². The number of hydrogen-bond acceptors (Lipinski definition) is 4. The molecule has 24 heavy (non-hydrogen) atoms. The fraction of sp³-hybridized carbons (Fsp3) is 0.111. The maximum absolute atomic E-state index is 12.1. The van der Waals surface area contributed by atoms with Crippen molar-refractivity contribution in [1.82, 2.24) is 4.90 Å². The van der Waals surface area contributed by atoms with Gasteiger partial charge in [0.2, 0.25) is 0 Å². The van der Waals surface area contributed by atoms with Crippen LogP contribution in [0.5, 0.6) is 0 Å². The van der Waals surface area contributed by atoms with Gasteiger partial charge in [0.25, 0.3) is 11.1 Å². The smallest absolute Gasteiger partial charge is 0.269 e. The lowest BCUT2D eigenvalue weighted by Gasteiger charge is -2.07. The van der Waals surface area contributed by atoms with Crippen LogP contribution in [-0.2, 0) is 4.79 Å². The van der Waals surface area contributed by atoms with Gasteiger partial charge in [-0.1, -0.05) is 35.5 Å². The maximum atomic E-state index is 12.1. The molecule has 1 saturated heterocycles. The fourth-order valence-electron chi connectivity index (χ4n) is 2.19. The van der Waals surface area contributed by atoms with E-state index in [0.717, 1.165) is 32.1 Å². The molecular formula is C18H14ClNO2S2. The molecule has 2 amide bonds. The SMILES string of the molecule is CCN1C(=O)S/C(=C/c2ccc(Sc3ccc(Cl)cc3)cc2)C1=O. The molecule has 0 N–H and O–H groups in total. The lowest BCUT2D eigenvalue weighted by Crippen LogP contribution is -2.27. The highest BCUT2D eigenvalue weighted by Crippen LogP contribution is 2.33. The minimum Gasteiger partial charge on any atom is -0.269 e. The summed E-state index contributed by atoms with van der Waals surface area (Å²) in [7, 11) is 0. The first-order chi connectivity index (χ1) is 11.6. The molecule has 0 radical (unpaired) electrons. The van der Waals surface area contributed by atoms with Crippen LogP contribution in [0.4, 0.5) is 4.79 Å². The molecule has 6 heteroatoms. The average Bonchev–Trinajstić information content (AvgIpc) is 2.85. The minimum absolute atomic E-state index is 0.205. The minimum atomic E-state index is -0.216. The van der Waals surface area contributed by atoms with Crippen LogP contribution in [0.15, 0.2) is 63.2 Å². The van der Waals surface area contributed by atoms with Crippen LogP contribution >= 0.6 is 35.1 Å². The normalized spacial score (nSPS) is 16.2. The summed E-state index contributed by atoms with van der Waals surface area (Å²) in [5.41, 5.74) is 0.900. The number of thioether (sulfide) groups is 1. The summed E-state index contributed by atoms with van der Waals surface area (Å²) in [5.74, 6) is -0.216. The summed E-state index contributed by atoms with van der Waals surface area (Å²) in [6.07, 6.45) is 1.76. The van der Waals surface area contributed by atoms with Crippen LogP contribution in [0.1, 0.15) is 12.5 Å². The van der Waals surface area contributed by atoms with E-state index in [0.29, 0.717) is 11.4 Å². The van der Waals surface area contributed by atoms with Gasteiger partial charge in [0.05, 0.1) is 4.91 Å². The average molecular weight is 376 g/mol. The van der Waals surface area contributed by atoms with Gasteiger partial charge in [0.1, 0.15) is 0 Å². The molecule has 3 nitrogen and oxygen atoms in total. The number of likely N-dealkylation sites (N-methyl/N-ethyl adjacent to an activating group) is 1. The van der Waals surface area contributed by atoms with Crippen molar-refractivity contribution in [3.05, 3.63) is 64.0 Å². The second-order valence-corrected chi connectivity index (χ2v) is 7.63. The molecule has 3 rings (SSSR count). The Bertz CT molecular complexity index is 801. The Kier molecular flexibility index (Phi) is 5.33. The molecule has 0 aromatic heterocycles. The van der Waals surface area contributed by atoms with Crippen LogP contribution in [0.2, 0.25) is 5.02 Å². The van der Waals surface area contributed by atoms with Gasteiger partial charge in [0.15, 0.2) is 0 Å². The molecule has 1 aliphatic rings. The van der Waals surface area contributed by atoms with E-state index >= 15 is 0 Å². The number of hydrogen-bond donors (Lipinski definition) is 0. The second kappa shape index (κ2) is 7.47. The zero-order chi connectivity index (χ0) is 17.1. The Morgan fingerprint density at radius 3 is 2.17 bits per heavy atom. The van der Waals surface area contributed by atoms with E-state index in [1.165, 1.54) is 4.90 Å². The van der Waals surface area contributed by atoms with E-state index < -0.39 is 0 Å². The molecular weight excluding hydrogens is 362 g/mol. The quantitative estimate of drug-likeness (QED) is 0.657. The monoisotopic (exact) mass is 375 g/mol. The molecule has 1 aliphatic heterocycles. The van der Waals surface area contributed by atoms with Crippen LogP contribution in [0.3, 0.4) is 0 Å². The third-order valence-corrected chi connectivity index (χ3v) is 5.59. The van der Waals surface area contributed by atoms with Gasteiger partial charge in [-0.2, -0.15) is 0 Å². The fourth-order valence-corrected chi connectivity index (χ4v) is 4.04. The predicted molar refractivity (Wildman–Crippen MR) is 100 cm³/mol. The van der Waals surface area contributed by atoms with Crippen molar-refractivity contribution in [3.63, 3.8) is 0 Å². The third kappa shape index (κ3) is 3.86. The lowest BCUT2D eigenvalue weighted by atomic mass is 10.2. The van der Waals surface area contributed by atoms with Gasteiger partial charge in [-0.15, -0.1) is 0 Å². The molecule has 2 aromatic rings. The Morgan fingerprint density at radius 1 is 1.04 bits per heavy atom. The lowest BCUT2D eigenvalue weighted by molar-refractivity contribution is -0.122. The highest BCUT2D eigenvalue weighted by molar-refractivity contribution is 8.18. The Morgan fingerprint density at radius 2 is 1.62 bits per heavy atom. The highest BCUT2D eigenvalue weighted by Gasteiger charge is 2.33. The van der Waals surface area contributed by atoms with Crippen molar-refractivity contribution in [2.75, 3.05) is 6.54 Å². The van der Waals surface area contributed by atoms with Gasteiger partial charge in [-0.3, -0.25) is 14.5 Å². The number of imide groups is 1. The Labute approximate surface area is 154 Å². The van der Waals surface area contributed by atoms with Gasteiger partial charge < -0.3 is 0 Å². The summed E-state index contributed by atoms with van der Waals surface area (Å²) in [4.78, 5) is 27.7. The van der Waals surface area contributed by atoms with Gasteiger partial charge in [-0.05, 0) is 66.7 Å². The zero-order valence-electron chi connectivity index (χ0n) is 12.9. The molecule has 0 bridgehead atoms. The first-order valence-corrected chi connectivity index (χ1v) is 9.37. The largest absolute Gasteiger partial charge is 0.293 e.